The highest BCUT2D eigenvalue weighted by molar-refractivity contribution is 5.66. The van der Waals surface area contributed by atoms with Gasteiger partial charge in [-0.2, -0.15) is 0 Å². The lowest BCUT2D eigenvalue weighted by Gasteiger charge is -2.09. The van der Waals surface area contributed by atoms with Crippen LogP contribution in [0.5, 0.6) is 0 Å². The average Bonchev–Trinajstić information content (AvgIpc) is 1.95. The van der Waals surface area contributed by atoms with Crippen LogP contribution in [0.4, 0.5) is 0 Å². The minimum Gasteiger partial charge on any atom is -0.481 e. The molecule has 0 aliphatic heterocycles. The van der Waals surface area contributed by atoms with Gasteiger partial charge in [-0.15, -0.1) is 0 Å². The monoisotopic (exact) mass is 174 g/mol. The Bertz CT molecular complexity index is 126. The lowest BCUT2D eigenvalue weighted by molar-refractivity contribution is -0.137. The van der Waals surface area contributed by atoms with Gasteiger partial charge in [-0.1, -0.05) is 0 Å². The van der Waals surface area contributed by atoms with Gasteiger partial charge in [0.2, 0.25) is 0 Å². The fourth-order valence-electron chi connectivity index (χ4n) is 0.792. The Morgan fingerprint density at radius 2 is 2.08 bits per heavy atom. The molecule has 0 saturated carbocycles. The summed E-state index contributed by atoms with van der Waals surface area (Å²) in [7, 11) is 4.03. The molecule has 0 bridgehead atoms. The second kappa shape index (κ2) is 7.06. The van der Waals surface area contributed by atoms with Crippen molar-refractivity contribution in [1.82, 2.24) is 10.2 Å². The molecule has 0 unspecified atom stereocenters. The number of carboxylic acids is 1. The lowest BCUT2D eigenvalue weighted by atomic mass is 10.3. The van der Waals surface area contributed by atoms with Crippen LogP contribution in [-0.4, -0.2) is 49.7 Å². The molecule has 0 radical (unpaired) electrons. The molecule has 4 heteroatoms. The summed E-state index contributed by atoms with van der Waals surface area (Å²) in [5.74, 6) is -0.718. The van der Waals surface area contributed by atoms with E-state index in [1.807, 2.05) is 14.1 Å². The van der Waals surface area contributed by atoms with Crippen molar-refractivity contribution in [2.45, 2.75) is 12.8 Å². The van der Waals surface area contributed by atoms with Gasteiger partial charge < -0.3 is 15.3 Å². The number of hydrogen-bond donors (Lipinski definition) is 2. The maximum Gasteiger partial charge on any atom is 0.303 e. The summed E-state index contributed by atoms with van der Waals surface area (Å²) in [6.45, 7) is 2.71. The van der Waals surface area contributed by atoms with Crippen LogP contribution in [-0.2, 0) is 4.79 Å². The SMILES string of the molecule is CN(C)CCNCCCC(=O)O. The van der Waals surface area contributed by atoms with E-state index in [0.717, 1.165) is 19.6 Å². The number of carboxylic acid groups (broad SMARTS) is 1. The van der Waals surface area contributed by atoms with Gasteiger partial charge in [0.15, 0.2) is 0 Å². The van der Waals surface area contributed by atoms with E-state index in [1.165, 1.54) is 0 Å². The standard InChI is InChI=1S/C8H18N2O2/c1-10(2)7-6-9-5-3-4-8(11)12/h9H,3-7H2,1-2H3,(H,11,12). The average molecular weight is 174 g/mol. The first-order chi connectivity index (χ1) is 5.63. The second-order valence-electron chi connectivity index (χ2n) is 3.05. The Hall–Kier alpha value is -0.610. The Balaban J connectivity index is 2.96. The van der Waals surface area contributed by atoms with Gasteiger partial charge in [0.1, 0.15) is 0 Å². The lowest BCUT2D eigenvalue weighted by Crippen LogP contribution is -2.27. The van der Waals surface area contributed by atoms with E-state index in [2.05, 4.69) is 10.2 Å². The van der Waals surface area contributed by atoms with E-state index in [0.29, 0.717) is 6.42 Å². The van der Waals surface area contributed by atoms with Crippen molar-refractivity contribution in [2.24, 2.45) is 0 Å². The summed E-state index contributed by atoms with van der Waals surface area (Å²) in [4.78, 5) is 12.2. The van der Waals surface area contributed by atoms with Gasteiger partial charge in [0.05, 0.1) is 0 Å². The molecular formula is C8H18N2O2. The fourth-order valence-corrected chi connectivity index (χ4v) is 0.792. The molecule has 0 aromatic heterocycles. The zero-order valence-corrected chi connectivity index (χ0v) is 7.84. The van der Waals surface area contributed by atoms with Gasteiger partial charge in [0.25, 0.3) is 0 Å². The first kappa shape index (κ1) is 11.4. The summed E-state index contributed by atoms with van der Waals surface area (Å²) < 4.78 is 0. The summed E-state index contributed by atoms with van der Waals surface area (Å²) in [5, 5.41) is 11.5. The molecule has 72 valence electrons. The number of aliphatic carboxylic acids is 1. The van der Waals surface area contributed by atoms with Gasteiger partial charge >= 0.3 is 5.97 Å². The molecule has 0 heterocycles. The van der Waals surface area contributed by atoms with Crippen molar-refractivity contribution < 1.29 is 9.90 Å². The van der Waals surface area contributed by atoms with Crippen molar-refractivity contribution in [2.75, 3.05) is 33.7 Å². The van der Waals surface area contributed by atoms with Crippen LogP contribution < -0.4 is 5.32 Å². The van der Waals surface area contributed by atoms with Crippen LogP contribution in [0.1, 0.15) is 12.8 Å². The highest BCUT2D eigenvalue weighted by Crippen LogP contribution is 1.85. The van der Waals surface area contributed by atoms with E-state index in [1.54, 1.807) is 0 Å². The zero-order chi connectivity index (χ0) is 9.40. The van der Waals surface area contributed by atoms with Crippen molar-refractivity contribution in [3.05, 3.63) is 0 Å². The Morgan fingerprint density at radius 1 is 1.42 bits per heavy atom. The molecule has 4 nitrogen and oxygen atoms in total. The molecule has 0 atom stereocenters. The van der Waals surface area contributed by atoms with Gasteiger partial charge in [-0.3, -0.25) is 4.79 Å². The molecule has 0 fully saturated rings. The van der Waals surface area contributed by atoms with Gasteiger partial charge in [-0.05, 0) is 27.1 Å². The largest absolute Gasteiger partial charge is 0.481 e. The Kier molecular flexibility index (Phi) is 6.70. The molecule has 0 aliphatic rings. The van der Waals surface area contributed by atoms with E-state index in [9.17, 15) is 4.79 Å². The maximum absolute atomic E-state index is 10.1. The predicted octanol–water partition coefficient (Wildman–Crippen LogP) is 0.00240. The van der Waals surface area contributed by atoms with E-state index in [-0.39, 0.29) is 6.42 Å². The molecule has 0 spiro atoms. The van der Waals surface area contributed by atoms with Crippen molar-refractivity contribution in [3.8, 4) is 0 Å². The predicted molar refractivity (Wildman–Crippen MR) is 48.3 cm³/mol. The third kappa shape index (κ3) is 9.39. The summed E-state index contributed by atoms with van der Waals surface area (Å²) in [5.41, 5.74) is 0. The fraction of sp³-hybridized carbons (Fsp3) is 0.875. The maximum atomic E-state index is 10.1. The number of likely N-dealkylation sites (N-methyl/N-ethyl adjacent to an activating group) is 1. The number of rotatable bonds is 7. The van der Waals surface area contributed by atoms with E-state index < -0.39 is 5.97 Å². The second-order valence-corrected chi connectivity index (χ2v) is 3.05. The molecular weight excluding hydrogens is 156 g/mol. The van der Waals surface area contributed by atoms with Crippen LogP contribution in [0, 0.1) is 0 Å². The first-order valence-electron chi connectivity index (χ1n) is 4.20. The van der Waals surface area contributed by atoms with E-state index >= 15 is 0 Å². The van der Waals surface area contributed by atoms with Gasteiger partial charge in [0, 0.05) is 19.5 Å². The topological polar surface area (TPSA) is 52.6 Å². The smallest absolute Gasteiger partial charge is 0.303 e. The summed E-state index contributed by atoms with van der Waals surface area (Å²) in [6, 6.07) is 0. The third-order valence-corrected chi connectivity index (χ3v) is 1.48. The molecule has 0 aromatic rings. The first-order valence-corrected chi connectivity index (χ1v) is 4.20. The van der Waals surface area contributed by atoms with Crippen LogP contribution in [0.2, 0.25) is 0 Å². The number of carbonyl (C=O) groups is 1. The Morgan fingerprint density at radius 3 is 2.58 bits per heavy atom. The number of nitrogens with one attached hydrogen (secondary N) is 1. The molecule has 0 saturated heterocycles. The van der Waals surface area contributed by atoms with Crippen molar-refractivity contribution >= 4 is 5.97 Å². The molecule has 0 amide bonds. The molecule has 0 aromatic carbocycles. The number of nitrogens with zero attached hydrogens (tertiary/aromatic N) is 1. The Labute approximate surface area is 73.6 Å². The van der Waals surface area contributed by atoms with Crippen LogP contribution in [0.15, 0.2) is 0 Å². The quantitative estimate of drug-likeness (QED) is 0.533. The molecule has 2 N–H and O–H groups in total. The summed E-state index contributed by atoms with van der Waals surface area (Å²) in [6.07, 6.45) is 0.970. The highest BCUT2D eigenvalue weighted by Gasteiger charge is 1.95. The minimum absolute atomic E-state index is 0.259. The molecule has 0 aliphatic carbocycles. The molecule has 12 heavy (non-hydrogen) atoms. The highest BCUT2D eigenvalue weighted by atomic mass is 16.4. The van der Waals surface area contributed by atoms with E-state index in [4.69, 9.17) is 5.11 Å². The van der Waals surface area contributed by atoms with Crippen LogP contribution in [0.3, 0.4) is 0 Å². The van der Waals surface area contributed by atoms with Crippen molar-refractivity contribution in [1.29, 1.82) is 0 Å². The number of hydrogen-bond acceptors (Lipinski definition) is 3. The van der Waals surface area contributed by atoms with Gasteiger partial charge in [-0.25, -0.2) is 0 Å². The van der Waals surface area contributed by atoms with Crippen LogP contribution in [0.25, 0.3) is 0 Å². The minimum atomic E-state index is -0.718. The normalized spacial score (nSPS) is 10.6. The van der Waals surface area contributed by atoms with Crippen molar-refractivity contribution in [3.63, 3.8) is 0 Å². The zero-order valence-electron chi connectivity index (χ0n) is 7.84. The summed E-state index contributed by atoms with van der Waals surface area (Å²) >= 11 is 0. The molecule has 0 rings (SSSR count). The van der Waals surface area contributed by atoms with Crippen LogP contribution >= 0.6 is 0 Å². The third-order valence-electron chi connectivity index (χ3n) is 1.48.